The van der Waals surface area contributed by atoms with Crippen molar-refractivity contribution in [3.05, 3.63) is 95.4 Å². The molecule has 0 unspecified atom stereocenters. The topological polar surface area (TPSA) is 54.0 Å². The van der Waals surface area contributed by atoms with E-state index in [1.807, 2.05) is 18.2 Å². The van der Waals surface area contributed by atoms with Crippen molar-refractivity contribution in [3.8, 4) is 0 Å². The minimum atomic E-state index is -0.291. The molecule has 5 heteroatoms. The highest BCUT2D eigenvalue weighted by molar-refractivity contribution is 5.94. The molecule has 4 nitrogen and oxygen atoms in total. The van der Waals surface area contributed by atoms with Crippen molar-refractivity contribution >= 4 is 11.7 Å². The molecule has 0 aliphatic heterocycles. The number of hydrogen-bond acceptors (Lipinski definition) is 3. The van der Waals surface area contributed by atoms with E-state index in [-0.39, 0.29) is 11.7 Å². The van der Waals surface area contributed by atoms with Crippen LogP contribution in [0.15, 0.2) is 72.9 Å². The van der Waals surface area contributed by atoms with Gasteiger partial charge in [-0.05, 0) is 41.8 Å². The summed E-state index contributed by atoms with van der Waals surface area (Å²) in [7, 11) is 0. The van der Waals surface area contributed by atoms with E-state index in [1.54, 1.807) is 30.5 Å². The van der Waals surface area contributed by atoms with Crippen molar-refractivity contribution in [2.24, 2.45) is 0 Å². The van der Waals surface area contributed by atoms with Crippen molar-refractivity contribution < 1.29 is 9.18 Å². The van der Waals surface area contributed by atoms with Crippen LogP contribution in [0.25, 0.3) is 0 Å². The number of pyridine rings is 1. The van der Waals surface area contributed by atoms with E-state index in [1.165, 1.54) is 17.7 Å². The van der Waals surface area contributed by atoms with E-state index in [9.17, 15) is 9.18 Å². The van der Waals surface area contributed by atoms with E-state index in [2.05, 4.69) is 27.8 Å². The molecule has 3 rings (SSSR count). The van der Waals surface area contributed by atoms with Crippen LogP contribution in [0.4, 0.5) is 10.2 Å². The second-order valence-corrected chi connectivity index (χ2v) is 5.90. The lowest BCUT2D eigenvalue weighted by molar-refractivity contribution is 0.0951. The van der Waals surface area contributed by atoms with Gasteiger partial charge < -0.3 is 10.6 Å². The van der Waals surface area contributed by atoms with E-state index >= 15 is 0 Å². The van der Waals surface area contributed by atoms with E-state index < -0.39 is 0 Å². The average Bonchev–Trinajstić information content (AvgIpc) is 2.68. The first kappa shape index (κ1) is 17.6. The van der Waals surface area contributed by atoms with Gasteiger partial charge in [0.2, 0.25) is 0 Å². The number of amides is 1. The largest absolute Gasteiger partial charge is 0.370 e. The van der Waals surface area contributed by atoms with Crippen LogP contribution >= 0.6 is 0 Å². The first-order valence-electron chi connectivity index (χ1n) is 8.47. The Bertz CT molecular complexity index is 851. The molecule has 0 saturated carbocycles. The van der Waals surface area contributed by atoms with Crippen LogP contribution in [-0.2, 0) is 13.0 Å². The number of rotatable bonds is 7. The summed E-state index contributed by atoms with van der Waals surface area (Å²) in [5.41, 5.74) is 2.62. The number of carbonyl (C=O) groups is 1. The molecule has 0 spiro atoms. The molecule has 0 atom stereocenters. The number of nitrogens with one attached hydrogen (secondary N) is 2. The minimum Gasteiger partial charge on any atom is -0.370 e. The number of aromatic nitrogens is 1. The fourth-order valence-electron chi connectivity index (χ4n) is 2.53. The van der Waals surface area contributed by atoms with Gasteiger partial charge >= 0.3 is 0 Å². The summed E-state index contributed by atoms with van der Waals surface area (Å²) >= 11 is 0. The van der Waals surface area contributed by atoms with Crippen LogP contribution in [0.2, 0.25) is 0 Å². The molecule has 0 radical (unpaired) electrons. The molecule has 3 aromatic rings. The third-order valence-corrected chi connectivity index (χ3v) is 3.95. The SMILES string of the molecule is O=C(NCc1ccc(F)cc1)c1ccnc(NCCc2ccccc2)c1. The first-order chi connectivity index (χ1) is 12.7. The van der Waals surface area contributed by atoms with Crippen molar-refractivity contribution in [2.45, 2.75) is 13.0 Å². The number of benzene rings is 2. The summed E-state index contributed by atoms with van der Waals surface area (Å²) in [5.74, 6) is 0.179. The highest BCUT2D eigenvalue weighted by atomic mass is 19.1. The van der Waals surface area contributed by atoms with Gasteiger partial charge in [-0.3, -0.25) is 4.79 Å². The van der Waals surface area contributed by atoms with Crippen molar-refractivity contribution in [1.82, 2.24) is 10.3 Å². The molecule has 26 heavy (non-hydrogen) atoms. The van der Waals surface area contributed by atoms with Crippen LogP contribution in [0.5, 0.6) is 0 Å². The van der Waals surface area contributed by atoms with Crippen LogP contribution in [0, 0.1) is 5.82 Å². The smallest absolute Gasteiger partial charge is 0.251 e. The molecule has 2 aromatic carbocycles. The van der Waals surface area contributed by atoms with Gasteiger partial charge in [-0.15, -0.1) is 0 Å². The van der Waals surface area contributed by atoms with Crippen molar-refractivity contribution in [3.63, 3.8) is 0 Å². The maximum Gasteiger partial charge on any atom is 0.251 e. The van der Waals surface area contributed by atoms with Crippen molar-refractivity contribution in [2.75, 3.05) is 11.9 Å². The maximum absolute atomic E-state index is 12.9. The van der Waals surface area contributed by atoms with Gasteiger partial charge in [0.1, 0.15) is 11.6 Å². The summed E-state index contributed by atoms with van der Waals surface area (Å²) in [4.78, 5) is 16.5. The summed E-state index contributed by atoms with van der Waals surface area (Å²) in [6.45, 7) is 1.08. The van der Waals surface area contributed by atoms with E-state index in [4.69, 9.17) is 0 Å². The zero-order valence-corrected chi connectivity index (χ0v) is 14.3. The number of halogens is 1. The zero-order valence-electron chi connectivity index (χ0n) is 14.3. The molecular weight excluding hydrogens is 329 g/mol. The third kappa shape index (κ3) is 5.14. The Morgan fingerprint density at radius 2 is 1.73 bits per heavy atom. The number of hydrogen-bond donors (Lipinski definition) is 2. The molecule has 0 aliphatic carbocycles. The van der Waals surface area contributed by atoms with Crippen LogP contribution < -0.4 is 10.6 Å². The van der Waals surface area contributed by atoms with Crippen molar-refractivity contribution in [1.29, 1.82) is 0 Å². The lowest BCUT2D eigenvalue weighted by Gasteiger charge is -2.09. The zero-order chi connectivity index (χ0) is 18.2. The lowest BCUT2D eigenvalue weighted by Crippen LogP contribution is -2.23. The molecule has 0 bridgehead atoms. The van der Waals surface area contributed by atoms with E-state index in [0.29, 0.717) is 17.9 Å². The lowest BCUT2D eigenvalue weighted by atomic mass is 10.1. The summed E-state index contributed by atoms with van der Waals surface area (Å²) in [6, 6.07) is 19.6. The van der Waals surface area contributed by atoms with Gasteiger partial charge in [-0.1, -0.05) is 42.5 Å². The standard InChI is InChI=1S/C21H20FN3O/c22-19-8-6-17(7-9-19)15-25-21(26)18-11-13-24-20(14-18)23-12-10-16-4-2-1-3-5-16/h1-9,11,13-14H,10,12,15H2,(H,23,24)(H,25,26). The first-order valence-corrected chi connectivity index (χ1v) is 8.47. The van der Waals surface area contributed by atoms with Crippen LogP contribution in [0.3, 0.4) is 0 Å². The Hall–Kier alpha value is -3.21. The maximum atomic E-state index is 12.9. The Balaban J connectivity index is 1.52. The predicted molar refractivity (Wildman–Crippen MR) is 100 cm³/mol. The van der Waals surface area contributed by atoms with Gasteiger partial charge in [-0.25, -0.2) is 9.37 Å². The Morgan fingerprint density at radius 3 is 2.50 bits per heavy atom. The number of carbonyl (C=O) groups excluding carboxylic acids is 1. The third-order valence-electron chi connectivity index (χ3n) is 3.95. The van der Waals surface area contributed by atoms with Gasteiger partial charge in [0.25, 0.3) is 5.91 Å². The van der Waals surface area contributed by atoms with Crippen LogP contribution in [0.1, 0.15) is 21.5 Å². The van der Waals surface area contributed by atoms with Gasteiger partial charge in [0.05, 0.1) is 0 Å². The second kappa shape index (κ2) is 8.76. The molecule has 2 N–H and O–H groups in total. The number of anilines is 1. The fourth-order valence-corrected chi connectivity index (χ4v) is 2.53. The molecule has 0 aliphatic rings. The van der Waals surface area contributed by atoms with E-state index in [0.717, 1.165) is 18.5 Å². The van der Waals surface area contributed by atoms with Crippen LogP contribution in [-0.4, -0.2) is 17.4 Å². The molecule has 132 valence electrons. The minimum absolute atomic E-state index is 0.192. The average molecular weight is 349 g/mol. The number of nitrogens with zero attached hydrogens (tertiary/aromatic N) is 1. The van der Waals surface area contributed by atoms with Gasteiger partial charge in [0, 0.05) is 24.8 Å². The quantitative estimate of drug-likeness (QED) is 0.682. The molecule has 1 amide bonds. The predicted octanol–water partition coefficient (Wildman–Crippen LogP) is 3.81. The molecular formula is C21H20FN3O. The summed E-state index contributed by atoms with van der Waals surface area (Å²) < 4.78 is 12.9. The molecule has 1 heterocycles. The highest BCUT2D eigenvalue weighted by Gasteiger charge is 2.07. The second-order valence-electron chi connectivity index (χ2n) is 5.90. The normalized spacial score (nSPS) is 10.3. The molecule has 1 aromatic heterocycles. The summed E-state index contributed by atoms with van der Waals surface area (Å²) in [5, 5.41) is 6.06. The summed E-state index contributed by atoms with van der Waals surface area (Å²) in [6.07, 6.45) is 2.49. The van der Waals surface area contributed by atoms with Gasteiger partial charge in [0.15, 0.2) is 0 Å². The Labute approximate surface area is 152 Å². The highest BCUT2D eigenvalue weighted by Crippen LogP contribution is 2.09. The fraction of sp³-hybridized carbons (Fsp3) is 0.143. The van der Waals surface area contributed by atoms with Gasteiger partial charge in [-0.2, -0.15) is 0 Å². The Kier molecular flexibility index (Phi) is 5.93. The Morgan fingerprint density at radius 1 is 0.962 bits per heavy atom. The molecule has 0 fully saturated rings. The molecule has 0 saturated heterocycles. The monoisotopic (exact) mass is 349 g/mol.